The minimum atomic E-state index is -0.0543. The molecule has 0 spiro atoms. The molecule has 4 bridgehead atoms. The molecule has 0 unspecified atom stereocenters. The van der Waals surface area contributed by atoms with Crippen molar-refractivity contribution in [2.45, 2.75) is 45.4 Å². The van der Waals surface area contributed by atoms with Crippen LogP contribution in [0.15, 0.2) is 12.1 Å². The van der Waals surface area contributed by atoms with E-state index in [-0.39, 0.29) is 5.78 Å². The normalized spacial score (nSPS) is 33.5. The Labute approximate surface area is 148 Å². The van der Waals surface area contributed by atoms with Gasteiger partial charge in [0.25, 0.3) is 0 Å². The van der Waals surface area contributed by atoms with Crippen LogP contribution in [-0.2, 0) is 0 Å². The van der Waals surface area contributed by atoms with E-state index in [1.54, 1.807) is 19.2 Å². The fourth-order valence-corrected chi connectivity index (χ4v) is 6.01. The van der Waals surface area contributed by atoms with Gasteiger partial charge in [-0.25, -0.2) is 0 Å². The van der Waals surface area contributed by atoms with Gasteiger partial charge in [-0.3, -0.25) is 4.79 Å². The van der Waals surface area contributed by atoms with Crippen molar-refractivity contribution in [2.75, 3.05) is 13.7 Å². The molecule has 0 atom stereocenters. The Morgan fingerprint density at radius 3 is 2.21 bits per heavy atom. The van der Waals surface area contributed by atoms with Gasteiger partial charge in [0.1, 0.15) is 11.5 Å². The number of methoxy groups -OCH3 is 1. The Balaban J connectivity index is 1.53. The molecule has 4 saturated carbocycles. The lowest BCUT2D eigenvalue weighted by atomic mass is 9.50. The van der Waals surface area contributed by atoms with Crippen molar-refractivity contribution in [3.63, 3.8) is 0 Å². The number of hydrogen-bond donors (Lipinski definition) is 0. The monoisotopic (exact) mass is 348 g/mol. The largest absolute Gasteiger partial charge is 0.496 e. The lowest BCUT2D eigenvalue weighted by Crippen LogP contribution is -2.48. The second kappa shape index (κ2) is 5.94. The van der Waals surface area contributed by atoms with Gasteiger partial charge in [0, 0.05) is 11.5 Å². The summed E-state index contributed by atoms with van der Waals surface area (Å²) in [4.78, 5) is 11.7. The molecule has 24 heavy (non-hydrogen) atoms. The van der Waals surface area contributed by atoms with Crippen LogP contribution in [0.5, 0.6) is 11.5 Å². The van der Waals surface area contributed by atoms with E-state index >= 15 is 0 Å². The summed E-state index contributed by atoms with van der Waals surface area (Å²) in [6.45, 7) is 2.25. The highest BCUT2D eigenvalue weighted by Gasteiger charge is 2.51. The quantitative estimate of drug-likeness (QED) is 0.690. The number of rotatable bonds is 5. The molecule has 0 aliphatic heterocycles. The summed E-state index contributed by atoms with van der Waals surface area (Å²) in [5.74, 6) is 3.84. The van der Waals surface area contributed by atoms with Gasteiger partial charge in [0.05, 0.1) is 24.3 Å². The third-order valence-corrected chi connectivity index (χ3v) is 6.63. The maximum absolute atomic E-state index is 11.7. The first-order chi connectivity index (χ1) is 11.5. The Morgan fingerprint density at radius 1 is 1.12 bits per heavy atom. The molecule has 0 saturated heterocycles. The SMILES string of the molecule is COc1cc(OCC23CC4CC(CC(C4)C2)C3)c(Cl)cc1C(C)=O. The van der Waals surface area contributed by atoms with Gasteiger partial charge in [0.2, 0.25) is 0 Å². The van der Waals surface area contributed by atoms with E-state index in [0.29, 0.717) is 27.5 Å². The molecule has 0 heterocycles. The molecule has 0 amide bonds. The lowest BCUT2D eigenvalue weighted by Gasteiger charge is -2.56. The zero-order valence-electron chi connectivity index (χ0n) is 14.4. The average molecular weight is 349 g/mol. The number of ketones is 1. The maximum Gasteiger partial charge on any atom is 0.163 e. The molecule has 130 valence electrons. The minimum absolute atomic E-state index is 0.0543. The zero-order chi connectivity index (χ0) is 16.9. The van der Waals surface area contributed by atoms with Gasteiger partial charge >= 0.3 is 0 Å². The van der Waals surface area contributed by atoms with Crippen LogP contribution in [0.25, 0.3) is 0 Å². The zero-order valence-corrected chi connectivity index (χ0v) is 15.2. The minimum Gasteiger partial charge on any atom is -0.496 e. The standard InChI is InChI=1S/C20H25ClO3/c1-12(22)16-6-17(21)19(7-18(16)23-2)24-11-20-8-13-3-14(9-20)5-15(4-13)10-20/h6-7,13-15H,3-5,8-11H2,1-2H3. The van der Waals surface area contributed by atoms with Crippen molar-refractivity contribution in [3.05, 3.63) is 22.7 Å². The molecule has 4 heteroatoms. The van der Waals surface area contributed by atoms with E-state index in [0.717, 1.165) is 24.4 Å². The van der Waals surface area contributed by atoms with Crippen LogP contribution in [-0.4, -0.2) is 19.5 Å². The van der Waals surface area contributed by atoms with Crippen molar-refractivity contribution >= 4 is 17.4 Å². The number of benzene rings is 1. The number of ether oxygens (including phenoxy) is 2. The third kappa shape index (κ3) is 2.81. The van der Waals surface area contributed by atoms with Crippen LogP contribution < -0.4 is 9.47 Å². The van der Waals surface area contributed by atoms with E-state index in [1.165, 1.54) is 45.4 Å². The number of halogens is 1. The van der Waals surface area contributed by atoms with E-state index in [2.05, 4.69) is 0 Å². The highest BCUT2D eigenvalue weighted by Crippen LogP contribution is 2.60. The Morgan fingerprint density at radius 2 is 1.71 bits per heavy atom. The van der Waals surface area contributed by atoms with Gasteiger partial charge in [-0.05, 0) is 69.3 Å². The van der Waals surface area contributed by atoms with Crippen molar-refractivity contribution < 1.29 is 14.3 Å². The molecule has 0 radical (unpaired) electrons. The van der Waals surface area contributed by atoms with Gasteiger partial charge < -0.3 is 9.47 Å². The fraction of sp³-hybridized carbons (Fsp3) is 0.650. The molecule has 5 rings (SSSR count). The molecule has 3 nitrogen and oxygen atoms in total. The average Bonchev–Trinajstić information content (AvgIpc) is 2.52. The number of carbonyl (C=O) groups excluding carboxylic acids is 1. The van der Waals surface area contributed by atoms with E-state index < -0.39 is 0 Å². The smallest absolute Gasteiger partial charge is 0.163 e. The predicted molar refractivity (Wildman–Crippen MR) is 94.1 cm³/mol. The van der Waals surface area contributed by atoms with Crippen LogP contribution in [0.4, 0.5) is 0 Å². The summed E-state index contributed by atoms with van der Waals surface area (Å²) in [6.07, 6.45) is 8.21. The van der Waals surface area contributed by atoms with Crippen LogP contribution in [0.2, 0.25) is 5.02 Å². The molecule has 4 aliphatic rings. The van der Waals surface area contributed by atoms with E-state index in [9.17, 15) is 4.79 Å². The Bertz CT molecular complexity index is 632. The number of Topliss-reactive ketones (excluding diaryl/α,β-unsaturated/α-hetero) is 1. The summed E-state index contributed by atoms with van der Waals surface area (Å²) in [5, 5.41) is 0.491. The van der Waals surface area contributed by atoms with Crippen molar-refractivity contribution in [1.29, 1.82) is 0 Å². The first-order valence-electron chi connectivity index (χ1n) is 8.99. The van der Waals surface area contributed by atoms with E-state index in [4.69, 9.17) is 21.1 Å². The predicted octanol–water partition coefficient (Wildman–Crippen LogP) is 5.15. The second-order valence-corrected chi connectivity index (χ2v) is 8.65. The molecule has 4 aliphatic carbocycles. The van der Waals surface area contributed by atoms with Gasteiger partial charge in [-0.1, -0.05) is 11.6 Å². The summed E-state index contributed by atoms with van der Waals surface area (Å²) in [5.41, 5.74) is 0.842. The Hall–Kier alpha value is -1.22. The van der Waals surface area contributed by atoms with Crippen LogP contribution in [0, 0.1) is 23.2 Å². The number of hydrogen-bond acceptors (Lipinski definition) is 3. The highest BCUT2D eigenvalue weighted by atomic mass is 35.5. The third-order valence-electron chi connectivity index (χ3n) is 6.33. The highest BCUT2D eigenvalue weighted by molar-refractivity contribution is 6.32. The van der Waals surface area contributed by atoms with Crippen molar-refractivity contribution in [2.24, 2.45) is 23.2 Å². The second-order valence-electron chi connectivity index (χ2n) is 8.25. The van der Waals surface area contributed by atoms with Gasteiger partial charge in [-0.15, -0.1) is 0 Å². The summed E-state index contributed by atoms with van der Waals surface area (Å²) in [6, 6.07) is 3.43. The fourth-order valence-electron chi connectivity index (χ4n) is 5.79. The van der Waals surface area contributed by atoms with Gasteiger partial charge in [-0.2, -0.15) is 0 Å². The van der Waals surface area contributed by atoms with Crippen molar-refractivity contribution in [3.8, 4) is 11.5 Å². The van der Waals surface area contributed by atoms with Crippen molar-refractivity contribution in [1.82, 2.24) is 0 Å². The molecule has 4 fully saturated rings. The molecular formula is C20H25ClO3. The van der Waals surface area contributed by atoms with E-state index in [1.807, 2.05) is 0 Å². The topological polar surface area (TPSA) is 35.5 Å². The first kappa shape index (κ1) is 16.3. The maximum atomic E-state index is 11.7. The van der Waals surface area contributed by atoms with Gasteiger partial charge in [0.15, 0.2) is 5.78 Å². The van der Waals surface area contributed by atoms with Crippen LogP contribution in [0.1, 0.15) is 55.8 Å². The molecule has 0 aromatic heterocycles. The number of carbonyl (C=O) groups is 1. The summed E-state index contributed by atoms with van der Waals surface area (Å²) in [7, 11) is 1.57. The summed E-state index contributed by atoms with van der Waals surface area (Å²) >= 11 is 6.36. The molecule has 0 N–H and O–H groups in total. The first-order valence-corrected chi connectivity index (χ1v) is 9.37. The molecular weight excluding hydrogens is 324 g/mol. The summed E-state index contributed by atoms with van der Waals surface area (Å²) < 4.78 is 11.5. The molecule has 1 aromatic carbocycles. The molecule has 1 aromatic rings. The lowest BCUT2D eigenvalue weighted by molar-refractivity contribution is -0.0745. The Kier molecular flexibility index (Phi) is 4.03. The van der Waals surface area contributed by atoms with Crippen LogP contribution in [0.3, 0.4) is 0 Å². The van der Waals surface area contributed by atoms with Crippen LogP contribution >= 0.6 is 11.6 Å².